The van der Waals surface area contributed by atoms with E-state index in [2.05, 4.69) is 15.0 Å². The predicted molar refractivity (Wildman–Crippen MR) is 87.0 cm³/mol. The number of ether oxygens (including phenoxy) is 2. The number of aliphatic hydroxyl groups excluding tert-OH is 1. The van der Waals surface area contributed by atoms with Crippen molar-refractivity contribution in [3.8, 4) is 11.5 Å². The van der Waals surface area contributed by atoms with Gasteiger partial charge in [-0.15, -0.1) is 0 Å². The average Bonchev–Trinajstić information content (AvgIpc) is 3.27. The molecular formula is C17H22N4O3. The Kier molecular flexibility index (Phi) is 4.36. The van der Waals surface area contributed by atoms with Gasteiger partial charge in [0, 0.05) is 12.6 Å². The number of nitrogens with zero attached hydrogens (tertiary/aromatic N) is 4. The third-order valence-corrected chi connectivity index (χ3v) is 4.72. The van der Waals surface area contributed by atoms with E-state index in [4.69, 9.17) is 9.47 Å². The summed E-state index contributed by atoms with van der Waals surface area (Å²) in [5.74, 6) is 1.47. The van der Waals surface area contributed by atoms with E-state index in [1.54, 1.807) is 12.7 Å². The molecule has 1 fully saturated rings. The molecular weight excluding hydrogens is 308 g/mol. The van der Waals surface area contributed by atoms with Crippen molar-refractivity contribution in [2.75, 3.05) is 26.3 Å². The van der Waals surface area contributed by atoms with Crippen LogP contribution in [0.3, 0.4) is 0 Å². The average molecular weight is 330 g/mol. The van der Waals surface area contributed by atoms with Gasteiger partial charge in [-0.2, -0.15) is 5.10 Å². The Morgan fingerprint density at radius 2 is 2.12 bits per heavy atom. The van der Waals surface area contributed by atoms with Gasteiger partial charge in [0.2, 0.25) is 0 Å². The highest BCUT2D eigenvalue weighted by Crippen LogP contribution is 2.33. The molecule has 24 heavy (non-hydrogen) atoms. The quantitative estimate of drug-likeness (QED) is 0.889. The van der Waals surface area contributed by atoms with Crippen molar-refractivity contribution in [3.05, 3.63) is 36.4 Å². The largest absolute Gasteiger partial charge is 0.486 e. The van der Waals surface area contributed by atoms with Gasteiger partial charge in [0.15, 0.2) is 11.5 Å². The van der Waals surface area contributed by atoms with Crippen molar-refractivity contribution in [3.63, 3.8) is 0 Å². The monoisotopic (exact) mass is 330 g/mol. The van der Waals surface area contributed by atoms with Gasteiger partial charge >= 0.3 is 0 Å². The van der Waals surface area contributed by atoms with E-state index in [0.717, 1.165) is 43.0 Å². The number of rotatable bonds is 5. The van der Waals surface area contributed by atoms with Crippen LogP contribution in [0.5, 0.6) is 11.5 Å². The SMILES string of the molecule is O[C@@H](CN1CCC[C@@H]1Cn1cncn1)c1ccc2c(c1)OCCO2. The molecule has 128 valence electrons. The number of β-amino-alcohol motifs (C(OH)–C–C–N with tert-alkyl or cyclic N) is 1. The molecule has 2 aliphatic rings. The van der Waals surface area contributed by atoms with Gasteiger partial charge < -0.3 is 14.6 Å². The van der Waals surface area contributed by atoms with Crippen molar-refractivity contribution in [2.24, 2.45) is 0 Å². The number of fused-ring (bicyclic) bond motifs is 1. The summed E-state index contributed by atoms with van der Waals surface area (Å²) in [7, 11) is 0. The fourth-order valence-electron chi connectivity index (χ4n) is 3.48. The molecule has 1 N–H and O–H groups in total. The Bertz CT molecular complexity index is 676. The predicted octanol–water partition coefficient (Wildman–Crippen LogP) is 1.25. The number of hydrogen-bond donors (Lipinski definition) is 1. The molecule has 3 heterocycles. The maximum absolute atomic E-state index is 10.7. The maximum Gasteiger partial charge on any atom is 0.161 e. The molecule has 0 amide bonds. The van der Waals surface area contributed by atoms with Crippen LogP contribution in [0.25, 0.3) is 0 Å². The summed E-state index contributed by atoms with van der Waals surface area (Å²) >= 11 is 0. The molecule has 0 saturated carbocycles. The lowest BCUT2D eigenvalue weighted by molar-refractivity contribution is 0.0996. The molecule has 0 radical (unpaired) electrons. The Balaban J connectivity index is 1.42. The van der Waals surface area contributed by atoms with Crippen molar-refractivity contribution in [1.82, 2.24) is 19.7 Å². The molecule has 0 unspecified atom stereocenters. The number of aromatic nitrogens is 3. The lowest BCUT2D eigenvalue weighted by Gasteiger charge is -2.27. The third-order valence-electron chi connectivity index (χ3n) is 4.72. The first kappa shape index (κ1) is 15.4. The number of aliphatic hydroxyl groups is 1. The normalized spacial score (nSPS) is 21.8. The Hall–Kier alpha value is -2.12. The zero-order valence-electron chi connectivity index (χ0n) is 13.5. The van der Waals surface area contributed by atoms with Crippen LogP contribution < -0.4 is 9.47 Å². The highest BCUT2D eigenvalue weighted by Gasteiger charge is 2.27. The molecule has 0 spiro atoms. The van der Waals surface area contributed by atoms with Crippen LogP contribution in [0, 0.1) is 0 Å². The van der Waals surface area contributed by atoms with E-state index in [0.29, 0.717) is 25.8 Å². The molecule has 2 aliphatic heterocycles. The van der Waals surface area contributed by atoms with Gasteiger partial charge in [0.25, 0.3) is 0 Å². The zero-order chi connectivity index (χ0) is 16.4. The summed E-state index contributed by atoms with van der Waals surface area (Å²) in [5, 5.41) is 14.8. The van der Waals surface area contributed by atoms with Crippen LogP contribution in [0.2, 0.25) is 0 Å². The van der Waals surface area contributed by atoms with E-state index in [-0.39, 0.29) is 0 Å². The summed E-state index contributed by atoms with van der Waals surface area (Å²) in [6.07, 6.45) is 5.02. The van der Waals surface area contributed by atoms with Crippen molar-refractivity contribution in [2.45, 2.75) is 31.5 Å². The van der Waals surface area contributed by atoms with Gasteiger partial charge in [0.1, 0.15) is 25.9 Å². The minimum atomic E-state index is -0.544. The van der Waals surface area contributed by atoms with Crippen molar-refractivity contribution >= 4 is 0 Å². The van der Waals surface area contributed by atoms with Crippen LogP contribution in [0.15, 0.2) is 30.9 Å². The van der Waals surface area contributed by atoms with Crippen LogP contribution >= 0.6 is 0 Å². The second kappa shape index (κ2) is 6.78. The number of likely N-dealkylation sites (tertiary alicyclic amines) is 1. The molecule has 2 atom stereocenters. The van der Waals surface area contributed by atoms with Crippen LogP contribution in [0.4, 0.5) is 0 Å². The maximum atomic E-state index is 10.7. The minimum Gasteiger partial charge on any atom is -0.486 e. The summed E-state index contributed by atoms with van der Waals surface area (Å²) in [5.41, 5.74) is 0.866. The van der Waals surface area contributed by atoms with Crippen LogP contribution in [0.1, 0.15) is 24.5 Å². The molecule has 7 heteroatoms. The molecule has 7 nitrogen and oxygen atoms in total. The van der Waals surface area contributed by atoms with Crippen molar-refractivity contribution in [1.29, 1.82) is 0 Å². The van der Waals surface area contributed by atoms with Gasteiger partial charge in [-0.05, 0) is 37.1 Å². The Morgan fingerprint density at radius 3 is 2.96 bits per heavy atom. The standard InChI is InChI=1S/C17H22N4O3/c22-15(13-3-4-16-17(8-13)24-7-6-23-16)10-20-5-1-2-14(20)9-21-12-18-11-19-21/h3-4,8,11-12,14-15,22H,1-2,5-7,9-10H2/t14-,15+/m1/s1. The van der Waals surface area contributed by atoms with E-state index in [1.807, 2.05) is 22.9 Å². The molecule has 0 aliphatic carbocycles. The van der Waals surface area contributed by atoms with E-state index in [1.165, 1.54) is 0 Å². The number of hydrogen-bond acceptors (Lipinski definition) is 6. The summed E-state index contributed by atoms with van der Waals surface area (Å²) in [6.45, 7) is 3.55. The number of benzene rings is 1. The van der Waals surface area contributed by atoms with E-state index >= 15 is 0 Å². The topological polar surface area (TPSA) is 72.6 Å². The van der Waals surface area contributed by atoms with Gasteiger partial charge in [-0.1, -0.05) is 6.07 Å². The zero-order valence-corrected chi connectivity index (χ0v) is 13.5. The highest BCUT2D eigenvalue weighted by atomic mass is 16.6. The molecule has 1 aromatic heterocycles. The molecule has 1 saturated heterocycles. The summed E-state index contributed by atoms with van der Waals surface area (Å²) in [4.78, 5) is 6.33. The van der Waals surface area contributed by atoms with Gasteiger partial charge in [-0.25, -0.2) is 4.98 Å². The first-order valence-electron chi connectivity index (χ1n) is 8.43. The fourth-order valence-corrected chi connectivity index (χ4v) is 3.48. The van der Waals surface area contributed by atoms with Crippen LogP contribution in [-0.2, 0) is 6.54 Å². The molecule has 4 rings (SSSR count). The van der Waals surface area contributed by atoms with Crippen molar-refractivity contribution < 1.29 is 14.6 Å². The first-order valence-corrected chi connectivity index (χ1v) is 8.43. The summed E-state index contributed by atoms with van der Waals surface area (Å²) < 4.78 is 13.0. The lowest BCUT2D eigenvalue weighted by Crippen LogP contribution is -2.36. The molecule has 1 aromatic carbocycles. The minimum absolute atomic E-state index is 0.388. The van der Waals surface area contributed by atoms with Gasteiger partial charge in [-0.3, -0.25) is 9.58 Å². The highest BCUT2D eigenvalue weighted by molar-refractivity contribution is 5.44. The van der Waals surface area contributed by atoms with Gasteiger partial charge in [0.05, 0.1) is 12.6 Å². The first-order chi connectivity index (χ1) is 11.8. The third kappa shape index (κ3) is 3.22. The smallest absolute Gasteiger partial charge is 0.161 e. The second-order valence-corrected chi connectivity index (χ2v) is 6.33. The Morgan fingerprint density at radius 1 is 1.25 bits per heavy atom. The van der Waals surface area contributed by atoms with Crippen LogP contribution in [-0.4, -0.2) is 57.1 Å². The lowest BCUT2D eigenvalue weighted by atomic mass is 10.1. The molecule has 2 aromatic rings. The molecule has 0 bridgehead atoms. The van der Waals surface area contributed by atoms with E-state index < -0.39 is 6.10 Å². The fraction of sp³-hybridized carbons (Fsp3) is 0.529. The second-order valence-electron chi connectivity index (χ2n) is 6.33. The van der Waals surface area contributed by atoms with E-state index in [9.17, 15) is 5.11 Å². The summed E-state index contributed by atoms with van der Waals surface area (Å²) in [6, 6.07) is 6.07. The Labute approximate surface area is 140 Å².